The van der Waals surface area contributed by atoms with Crippen molar-refractivity contribution in [3.63, 3.8) is 0 Å². The Morgan fingerprint density at radius 3 is 2.94 bits per heavy atom. The number of carbonyl (C=O) groups is 1. The Labute approximate surface area is 96.5 Å². The lowest BCUT2D eigenvalue weighted by molar-refractivity contribution is 0.0947. The average molecular weight is 221 g/mol. The highest BCUT2D eigenvalue weighted by molar-refractivity contribution is 5.93. The maximum atomic E-state index is 11.7. The molecule has 0 bridgehead atoms. The van der Waals surface area contributed by atoms with Crippen molar-refractivity contribution in [1.29, 1.82) is 0 Å². The normalized spacial score (nSPS) is 10.1. The minimum absolute atomic E-state index is 0.0883. The zero-order valence-electron chi connectivity index (χ0n) is 9.92. The van der Waals surface area contributed by atoms with E-state index >= 15 is 0 Å². The first-order valence-corrected chi connectivity index (χ1v) is 5.66. The van der Waals surface area contributed by atoms with Gasteiger partial charge in [-0.05, 0) is 38.1 Å². The average Bonchev–Trinajstić information content (AvgIpc) is 2.29. The van der Waals surface area contributed by atoms with E-state index in [0.717, 1.165) is 25.1 Å². The Bertz CT molecular complexity index is 339. The zero-order chi connectivity index (χ0) is 11.8. The molecule has 0 aliphatic rings. The fourth-order valence-electron chi connectivity index (χ4n) is 1.40. The molecule has 2 N–H and O–H groups in total. The van der Waals surface area contributed by atoms with Crippen LogP contribution in [0.15, 0.2) is 18.3 Å². The highest BCUT2D eigenvalue weighted by atomic mass is 16.1. The molecule has 0 aliphatic carbocycles. The van der Waals surface area contributed by atoms with Gasteiger partial charge in [0, 0.05) is 12.7 Å². The van der Waals surface area contributed by atoms with E-state index in [1.807, 2.05) is 19.1 Å². The quantitative estimate of drug-likeness (QED) is 0.708. The fourth-order valence-corrected chi connectivity index (χ4v) is 1.40. The van der Waals surface area contributed by atoms with Crippen LogP contribution < -0.4 is 10.6 Å². The van der Waals surface area contributed by atoms with Crippen molar-refractivity contribution in [3.05, 3.63) is 29.6 Å². The van der Waals surface area contributed by atoms with Gasteiger partial charge in [0.15, 0.2) is 0 Å². The van der Waals surface area contributed by atoms with E-state index in [1.165, 1.54) is 0 Å². The number of hydrogen-bond acceptors (Lipinski definition) is 3. The lowest BCUT2D eigenvalue weighted by Crippen LogP contribution is -2.28. The molecule has 16 heavy (non-hydrogen) atoms. The molecular formula is C12H19N3O. The van der Waals surface area contributed by atoms with E-state index in [1.54, 1.807) is 6.20 Å². The first kappa shape index (κ1) is 12.6. The lowest BCUT2D eigenvalue weighted by Gasteiger charge is -2.06. The number of carbonyl (C=O) groups excluding carboxylic acids is 1. The summed E-state index contributed by atoms with van der Waals surface area (Å²) in [6, 6.07) is 3.72. The molecule has 0 aliphatic heterocycles. The Morgan fingerprint density at radius 2 is 2.25 bits per heavy atom. The number of aromatic nitrogens is 1. The molecule has 0 unspecified atom stereocenters. The first-order chi connectivity index (χ1) is 7.75. The molecule has 1 aromatic rings. The first-order valence-electron chi connectivity index (χ1n) is 5.66. The van der Waals surface area contributed by atoms with E-state index < -0.39 is 0 Å². The summed E-state index contributed by atoms with van der Waals surface area (Å²) in [4.78, 5) is 15.8. The van der Waals surface area contributed by atoms with Crippen LogP contribution in [0.3, 0.4) is 0 Å². The summed E-state index contributed by atoms with van der Waals surface area (Å²) in [5.41, 5.74) is 1.43. The van der Waals surface area contributed by atoms with Crippen LogP contribution in [-0.2, 0) is 0 Å². The van der Waals surface area contributed by atoms with Gasteiger partial charge in [0.05, 0.1) is 0 Å². The fraction of sp³-hybridized carbons (Fsp3) is 0.500. The molecule has 1 aromatic heterocycles. The molecule has 0 saturated carbocycles. The summed E-state index contributed by atoms with van der Waals surface area (Å²) < 4.78 is 0. The summed E-state index contributed by atoms with van der Waals surface area (Å²) in [5, 5.41) is 6.06. The molecule has 0 radical (unpaired) electrons. The second-order valence-electron chi connectivity index (χ2n) is 3.63. The van der Waals surface area contributed by atoms with Crippen molar-refractivity contribution in [2.24, 2.45) is 0 Å². The number of hydrogen-bond donors (Lipinski definition) is 2. The molecule has 0 fully saturated rings. The van der Waals surface area contributed by atoms with Crippen molar-refractivity contribution in [3.8, 4) is 0 Å². The molecule has 0 aromatic carbocycles. The minimum Gasteiger partial charge on any atom is -0.351 e. The third-order valence-corrected chi connectivity index (χ3v) is 2.29. The number of aryl methyl sites for hydroxylation is 1. The minimum atomic E-state index is -0.0883. The van der Waals surface area contributed by atoms with E-state index in [2.05, 4.69) is 22.5 Å². The van der Waals surface area contributed by atoms with Crippen LogP contribution >= 0.6 is 0 Å². The Morgan fingerprint density at radius 1 is 1.44 bits per heavy atom. The third-order valence-electron chi connectivity index (χ3n) is 2.29. The van der Waals surface area contributed by atoms with Crippen molar-refractivity contribution < 1.29 is 4.79 Å². The molecule has 1 rings (SSSR count). The maximum absolute atomic E-state index is 11.7. The predicted octanol–water partition coefficient (Wildman–Crippen LogP) is 1.12. The monoisotopic (exact) mass is 221 g/mol. The summed E-state index contributed by atoms with van der Waals surface area (Å²) in [6.07, 6.45) is 2.58. The van der Waals surface area contributed by atoms with Gasteiger partial charge in [-0.1, -0.05) is 13.0 Å². The van der Waals surface area contributed by atoms with Gasteiger partial charge in [0.2, 0.25) is 0 Å². The van der Waals surface area contributed by atoms with Crippen LogP contribution in [0.2, 0.25) is 0 Å². The highest BCUT2D eigenvalue weighted by Gasteiger charge is 2.08. The van der Waals surface area contributed by atoms with Gasteiger partial charge in [-0.15, -0.1) is 0 Å². The van der Waals surface area contributed by atoms with Crippen LogP contribution in [0, 0.1) is 6.92 Å². The second kappa shape index (κ2) is 6.95. The van der Waals surface area contributed by atoms with Crippen LogP contribution in [0.1, 0.15) is 29.4 Å². The van der Waals surface area contributed by atoms with Gasteiger partial charge < -0.3 is 10.6 Å². The third kappa shape index (κ3) is 3.98. The lowest BCUT2D eigenvalue weighted by atomic mass is 10.2. The summed E-state index contributed by atoms with van der Waals surface area (Å²) in [7, 11) is 0. The molecule has 0 saturated heterocycles. The van der Waals surface area contributed by atoms with E-state index in [4.69, 9.17) is 0 Å². The van der Waals surface area contributed by atoms with E-state index in [9.17, 15) is 4.79 Å². The van der Waals surface area contributed by atoms with Gasteiger partial charge in [0.1, 0.15) is 5.69 Å². The number of amides is 1. The Hall–Kier alpha value is -1.42. The summed E-state index contributed by atoms with van der Waals surface area (Å²) in [5.74, 6) is -0.0883. The van der Waals surface area contributed by atoms with Gasteiger partial charge in [0.25, 0.3) is 5.91 Å². The van der Waals surface area contributed by atoms with Crippen LogP contribution in [0.5, 0.6) is 0 Å². The molecule has 0 spiro atoms. The molecular weight excluding hydrogens is 202 g/mol. The molecule has 1 amide bonds. The van der Waals surface area contributed by atoms with Crippen molar-refractivity contribution >= 4 is 5.91 Å². The SMILES string of the molecule is CCNCCCNC(=O)c1ncccc1C. The molecule has 88 valence electrons. The number of rotatable bonds is 6. The van der Waals surface area contributed by atoms with Crippen molar-refractivity contribution in [2.75, 3.05) is 19.6 Å². The standard InChI is InChI=1S/C12H19N3O/c1-3-13-7-5-9-15-12(16)11-10(2)6-4-8-14-11/h4,6,8,13H,3,5,7,9H2,1-2H3,(H,15,16). The van der Waals surface area contributed by atoms with Gasteiger partial charge in [-0.25, -0.2) is 0 Å². The largest absolute Gasteiger partial charge is 0.351 e. The number of pyridine rings is 1. The van der Waals surface area contributed by atoms with Crippen LogP contribution in [0.4, 0.5) is 0 Å². The zero-order valence-corrected chi connectivity index (χ0v) is 9.92. The summed E-state index contributed by atoms with van der Waals surface area (Å²) in [6.45, 7) is 6.53. The Kier molecular flexibility index (Phi) is 5.50. The highest BCUT2D eigenvalue weighted by Crippen LogP contribution is 2.02. The predicted molar refractivity (Wildman–Crippen MR) is 64.5 cm³/mol. The van der Waals surface area contributed by atoms with Gasteiger partial charge in [-0.2, -0.15) is 0 Å². The molecule has 0 atom stereocenters. The number of nitrogens with zero attached hydrogens (tertiary/aromatic N) is 1. The van der Waals surface area contributed by atoms with Crippen LogP contribution in [0.25, 0.3) is 0 Å². The van der Waals surface area contributed by atoms with Crippen molar-refractivity contribution in [1.82, 2.24) is 15.6 Å². The smallest absolute Gasteiger partial charge is 0.270 e. The van der Waals surface area contributed by atoms with E-state index in [-0.39, 0.29) is 5.91 Å². The summed E-state index contributed by atoms with van der Waals surface area (Å²) >= 11 is 0. The molecule has 4 heteroatoms. The van der Waals surface area contributed by atoms with Crippen molar-refractivity contribution in [2.45, 2.75) is 20.3 Å². The van der Waals surface area contributed by atoms with Gasteiger partial charge in [-0.3, -0.25) is 9.78 Å². The molecule has 1 heterocycles. The van der Waals surface area contributed by atoms with Crippen LogP contribution in [-0.4, -0.2) is 30.5 Å². The second-order valence-corrected chi connectivity index (χ2v) is 3.63. The molecule has 4 nitrogen and oxygen atoms in total. The Balaban J connectivity index is 2.33. The maximum Gasteiger partial charge on any atom is 0.270 e. The van der Waals surface area contributed by atoms with Gasteiger partial charge >= 0.3 is 0 Å². The van der Waals surface area contributed by atoms with E-state index in [0.29, 0.717) is 12.2 Å². The topological polar surface area (TPSA) is 54.0 Å². The number of nitrogens with one attached hydrogen (secondary N) is 2.